The van der Waals surface area contributed by atoms with Crippen LogP contribution in [0.1, 0.15) is 18.4 Å². The number of benzene rings is 1. The van der Waals surface area contributed by atoms with Gasteiger partial charge in [0, 0.05) is 36.3 Å². The molecule has 4 rings (SSSR count). The number of hydrogen-bond donors (Lipinski definition) is 1. The third-order valence-electron chi connectivity index (χ3n) is 5.49. The third kappa shape index (κ3) is 3.84. The predicted molar refractivity (Wildman–Crippen MR) is 103 cm³/mol. The van der Waals surface area contributed by atoms with Gasteiger partial charge in [-0.2, -0.15) is 0 Å². The molecule has 0 atom stereocenters. The summed E-state index contributed by atoms with van der Waals surface area (Å²) >= 11 is 5.95. The van der Waals surface area contributed by atoms with Crippen molar-refractivity contribution in [1.82, 2.24) is 14.8 Å². The molecule has 2 aliphatic heterocycles. The first kappa shape index (κ1) is 17.3. The maximum Gasteiger partial charge on any atom is 0.321 e. The molecule has 6 heteroatoms. The van der Waals surface area contributed by atoms with Gasteiger partial charge in [-0.3, -0.25) is 9.88 Å². The molecule has 2 fully saturated rings. The summed E-state index contributed by atoms with van der Waals surface area (Å²) in [5.41, 5.74) is 2.36. The standard InChI is InChI=1S/C20H23ClN4O/c21-17-5-3-16(4-6-17)13-24-10-7-20(8-11-24)14-25(15-20)19(26)23-18-2-1-9-22-12-18/h1-6,9,12H,7-8,10-11,13-15H2,(H,23,26). The molecule has 0 bridgehead atoms. The highest BCUT2D eigenvalue weighted by atomic mass is 35.5. The Bertz CT molecular complexity index is 749. The van der Waals surface area contributed by atoms with Gasteiger partial charge >= 0.3 is 6.03 Å². The van der Waals surface area contributed by atoms with Crippen molar-refractivity contribution in [2.45, 2.75) is 19.4 Å². The molecule has 2 amide bonds. The first-order valence-corrected chi connectivity index (χ1v) is 9.43. The SMILES string of the molecule is O=C(Nc1cccnc1)N1CC2(CCN(Cc3ccc(Cl)cc3)CC2)C1. The van der Waals surface area contributed by atoms with Crippen LogP contribution in [0.4, 0.5) is 10.5 Å². The first-order chi connectivity index (χ1) is 12.6. The molecule has 1 spiro atoms. The highest BCUT2D eigenvalue weighted by Gasteiger charge is 2.46. The highest BCUT2D eigenvalue weighted by Crippen LogP contribution is 2.40. The van der Waals surface area contributed by atoms with Gasteiger partial charge in [-0.15, -0.1) is 0 Å². The van der Waals surface area contributed by atoms with Crippen LogP contribution in [0, 0.1) is 5.41 Å². The van der Waals surface area contributed by atoms with E-state index in [-0.39, 0.29) is 6.03 Å². The van der Waals surface area contributed by atoms with E-state index in [0.717, 1.165) is 56.3 Å². The lowest BCUT2D eigenvalue weighted by molar-refractivity contribution is -0.0200. The normalized spacial score (nSPS) is 19.2. The fraction of sp³-hybridized carbons (Fsp3) is 0.400. The molecule has 1 aromatic heterocycles. The van der Waals surface area contributed by atoms with E-state index < -0.39 is 0 Å². The molecule has 2 saturated heterocycles. The van der Waals surface area contributed by atoms with Gasteiger partial charge in [0.2, 0.25) is 0 Å². The van der Waals surface area contributed by atoms with Crippen LogP contribution in [-0.2, 0) is 6.54 Å². The Labute approximate surface area is 159 Å². The van der Waals surface area contributed by atoms with Crippen LogP contribution in [-0.4, -0.2) is 47.0 Å². The molecule has 5 nitrogen and oxygen atoms in total. The molecule has 3 heterocycles. The fourth-order valence-corrected chi connectivity index (χ4v) is 4.02. The van der Waals surface area contributed by atoms with E-state index in [4.69, 9.17) is 11.6 Å². The van der Waals surface area contributed by atoms with Gasteiger partial charge in [-0.1, -0.05) is 23.7 Å². The topological polar surface area (TPSA) is 48.5 Å². The Balaban J connectivity index is 1.24. The summed E-state index contributed by atoms with van der Waals surface area (Å²) in [6, 6.07) is 11.8. The largest absolute Gasteiger partial charge is 0.323 e. The fourth-order valence-electron chi connectivity index (χ4n) is 3.90. The zero-order valence-corrected chi connectivity index (χ0v) is 15.5. The van der Waals surface area contributed by atoms with Crippen LogP contribution in [0.2, 0.25) is 5.02 Å². The van der Waals surface area contributed by atoms with Crippen molar-refractivity contribution in [2.75, 3.05) is 31.5 Å². The number of likely N-dealkylation sites (tertiary alicyclic amines) is 2. The molecular formula is C20H23ClN4O. The predicted octanol–water partition coefficient (Wildman–Crippen LogP) is 3.86. The molecule has 0 aliphatic carbocycles. The quantitative estimate of drug-likeness (QED) is 0.892. The number of carbonyl (C=O) groups is 1. The third-order valence-corrected chi connectivity index (χ3v) is 5.74. The second-order valence-corrected chi connectivity index (χ2v) is 7.87. The zero-order chi connectivity index (χ0) is 18.0. The van der Waals surface area contributed by atoms with Crippen molar-refractivity contribution in [3.8, 4) is 0 Å². The Morgan fingerprint density at radius 3 is 2.54 bits per heavy atom. The van der Waals surface area contributed by atoms with Crippen LogP contribution in [0.25, 0.3) is 0 Å². The molecule has 0 unspecified atom stereocenters. The van der Waals surface area contributed by atoms with Gasteiger partial charge in [-0.05, 0) is 55.8 Å². The number of piperidine rings is 1. The number of urea groups is 1. The summed E-state index contributed by atoms with van der Waals surface area (Å²) in [5.74, 6) is 0. The lowest BCUT2D eigenvalue weighted by atomic mass is 9.72. The minimum absolute atomic E-state index is 0.0211. The van der Waals surface area contributed by atoms with Crippen LogP contribution in [0.3, 0.4) is 0 Å². The van der Waals surface area contributed by atoms with Crippen LogP contribution in [0.5, 0.6) is 0 Å². The van der Waals surface area contributed by atoms with E-state index in [1.807, 2.05) is 29.2 Å². The summed E-state index contributed by atoms with van der Waals surface area (Å²) in [5, 5.41) is 3.70. The minimum atomic E-state index is -0.0211. The van der Waals surface area contributed by atoms with E-state index in [1.54, 1.807) is 12.4 Å². The number of rotatable bonds is 3. The summed E-state index contributed by atoms with van der Waals surface area (Å²) in [6.45, 7) is 4.85. The maximum absolute atomic E-state index is 12.3. The number of nitrogens with zero attached hydrogens (tertiary/aromatic N) is 3. The molecule has 2 aliphatic rings. The Morgan fingerprint density at radius 2 is 1.88 bits per heavy atom. The second kappa shape index (κ2) is 7.25. The van der Waals surface area contributed by atoms with Crippen molar-refractivity contribution in [2.24, 2.45) is 5.41 Å². The molecule has 1 aromatic carbocycles. The lowest BCUT2D eigenvalue weighted by Gasteiger charge is -2.53. The van der Waals surface area contributed by atoms with Gasteiger partial charge in [0.05, 0.1) is 11.9 Å². The van der Waals surface area contributed by atoms with Crippen LogP contribution >= 0.6 is 11.6 Å². The van der Waals surface area contributed by atoms with Gasteiger partial charge in [-0.25, -0.2) is 4.79 Å². The summed E-state index contributed by atoms with van der Waals surface area (Å²) < 4.78 is 0. The van der Waals surface area contributed by atoms with Gasteiger partial charge in [0.15, 0.2) is 0 Å². The van der Waals surface area contributed by atoms with Crippen molar-refractivity contribution >= 4 is 23.3 Å². The summed E-state index contributed by atoms with van der Waals surface area (Å²) in [4.78, 5) is 20.7. The lowest BCUT2D eigenvalue weighted by Crippen LogP contribution is -2.62. The van der Waals surface area contributed by atoms with Gasteiger partial charge in [0.25, 0.3) is 0 Å². The molecule has 2 aromatic rings. The van der Waals surface area contributed by atoms with E-state index in [1.165, 1.54) is 5.56 Å². The van der Waals surface area contributed by atoms with Crippen molar-refractivity contribution in [1.29, 1.82) is 0 Å². The number of hydrogen-bond acceptors (Lipinski definition) is 3. The molecule has 0 saturated carbocycles. The number of amides is 2. The van der Waals surface area contributed by atoms with Crippen LogP contribution in [0.15, 0.2) is 48.8 Å². The summed E-state index contributed by atoms with van der Waals surface area (Å²) in [6.07, 6.45) is 5.67. The molecule has 136 valence electrons. The number of halogens is 1. The summed E-state index contributed by atoms with van der Waals surface area (Å²) in [7, 11) is 0. The molecular weight excluding hydrogens is 348 g/mol. The maximum atomic E-state index is 12.3. The second-order valence-electron chi connectivity index (χ2n) is 7.43. The Kier molecular flexibility index (Phi) is 4.83. The zero-order valence-electron chi connectivity index (χ0n) is 14.7. The van der Waals surface area contributed by atoms with Crippen molar-refractivity contribution in [3.05, 3.63) is 59.4 Å². The molecule has 0 radical (unpaired) electrons. The number of carbonyl (C=O) groups excluding carboxylic acids is 1. The van der Waals surface area contributed by atoms with E-state index in [9.17, 15) is 4.79 Å². The highest BCUT2D eigenvalue weighted by molar-refractivity contribution is 6.30. The minimum Gasteiger partial charge on any atom is -0.323 e. The van der Waals surface area contributed by atoms with E-state index >= 15 is 0 Å². The number of nitrogens with one attached hydrogen (secondary N) is 1. The number of anilines is 1. The van der Waals surface area contributed by atoms with E-state index in [2.05, 4.69) is 27.3 Å². The van der Waals surface area contributed by atoms with Gasteiger partial charge < -0.3 is 10.2 Å². The van der Waals surface area contributed by atoms with Crippen molar-refractivity contribution < 1.29 is 4.79 Å². The number of aromatic nitrogens is 1. The van der Waals surface area contributed by atoms with E-state index in [0.29, 0.717) is 5.41 Å². The average molecular weight is 371 g/mol. The smallest absolute Gasteiger partial charge is 0.321 e. The average Bonchev–Trinajstić information content (AvgIpc) is 2.63. The molecule has 1 N–H and O–H groups in total. The van der Waals surface area contributed by atoms with Crippen LogP contribution < -0.4 is 5.32 Å². The monoisotopic (exact) mass is 370 g/mol. The number of pyridine rings is 1. The Hall–Kier alpha value is -2.11. The van der Waals surface area contributed by atoms with Crippen molar-refractivity contribution in [3.63, 3.8) is 0 Å². The van der Waals surface area contributed by atoms with Gasteiger partial charge in [0.1, 0.15) is 0 Å². The first-order valence-electron chi connectivity index (χ1n) is 9.05. The molecule has 26 heavy (non-hydrogen) atoms. The Morgan fingerprint density at radius 1 is 1.15 bits per heavy atom.